The highest BCUT2D eigenvalue weighted by molar-refractivity contribution is 5.80. The molecule has 0 atom stereocenters. The number of aryl methyl sites for hydroxylation is 1. The van der Waals surface area contributed by atoms with Gasteiger partial charge in [0.15, 0.2) is 0 Å². The molecule has 3 heterocycles. The van der Waals surface area contributed by atoms with Gasteiger partial charge in [-0.05, 0) is 66.2 Å². The third-order valence-corrected chi connectivity index (χ3v) is 5.04. The SMILES string of the molecule is Cn1cc(-c2ccncc2)c(-c2ccc(OCc3ccc4cc(F)ccc4n3)cc2)n1.[Cl-].[H+]. The summed E-state index contributed by atoms with van der Waals surface area (Å²) in [5.41, 5.74) is 5.56. The molecule has 3 aromatic heterocycles. The average Bonchev–Trinajstić information content (AvgIpc) is 3.20. The minimum absolute atomic E-state index is 0. The van der Waals surface area contributed by atoms with Gasteiger partial charge >= 0.3 is 1.43 Å². The molecule has 0 aliphatic heterocycles. The van der Waals surface area contributed by atoms with Crippen molar-refractivity contribution in [3.8, 4) is 28.1 Å². The number of benzene rings is 2. The van der Waals surface area contributed by atoms with Gasteiger partial charge in [-0.1, -0.05) is 6.07 Å². The van der Waals surface area contributed by atoms with Gasteiger partial charge in [0.2, 0.25) is 0 Å². The standard InChI is InChI=1S/C25H19FN4O.ClH/c1-30-15-23(17-10-12-27-13-11-17)25(29-30)18-3-7-22(8-4-18)31-16-21-6-2-19-14-20(26)5-9-24(19)28-21;/h2-15H,16H2,1H3;1H. The van der Waals surface area contributed by atoms with Crippen LogP contribution in [-0.2, 0) is 13.7 Å². The zero-order valence-corrected chi connectivity index (χ0v) is 18.0. The van der Waals surface area contributed by atoms with Gasteiger partial charge in [-0.2, -0.15) is 5.10 Å². The fourth-order valence-electron chi connectivity index (χ4n) is 3.53. The van der Waals surface area contributed by atoms with E-state index >= 15 is 0 Å². The summed E-state index contributed by atoms with van der Waals surface area (Å²) in [6.07, 6.45) is 5.56. The van der Waals surface area contributed by atoms with Crippen LogP contribution in [0.5, 0.6) is 5.75 Å². The summed E-state index contributed by atoms with van der Waals surface area (Å²) in [4.78, 5) is 8.63. The van der Waals surface area contributed by atoms with Gasteiger partial charge < -0.3 is 17.1 Å². The van der Waals surface area contributed by atoms with Gasteiger partial charge in [-0.15, -0.1) is 0 Å². The molecule has 0 spiro atoms. The number of aromatic nitrogens is 4. The first-order chi connectivity index (χ1) is 15.2. The maximum absolute atomic E-state index is 13.3. The fraction of sp³-hybridized carbons (Fsp3) is 0.0800. The minimum Gasteiger partial charge on any atom is -1.00 e. The van der Waals surface area contributed by atoms with E-state index < -0.39 is 0 Å². The summed E-state index contributed by atoms with van der Waals surface area (Å²) < 4.78 is 21.0. The largest absolute Gasteiger partial charge is 1.00 e. The summed E-state index contributed by atoms with van der Waals surface area (Å²) in [5, 5.41) is 5.41. The van der Waals surface area contributed by atoms with Crippen molar-refractivity contribution in [2.75, 3.05) is 0 Å². The first kappa shape index (κ1) is 21.5. The van der Waals surface area contributed by atoms with Crippen molar-refractivity contribution in [3.63, 3.8) is 0 Å². The van der Waals surface area contributed by atoms with Crippen LogP contribution in [0.25, 0.3) is 33.3 Å². The lowest BCUT2D eigenvalue weighted by molar-refractivity contribution is -0.00000730. The number of rotatable bonds is 5. The van der Waals surface area contributed by atoms with Crippen molar-refractivity contribution in [2.24, 2.45) is 7.05 Å². The van der Waals surface area contributed by atoms with Crippen molar-refractivity contribution >= 4 is 10.9 Å². The predicted molar refractivity (Wildman–Crippen MR) is 119 cm³/mol. The monoisotopic (exact) mass is 446 g/mol. The Morgan fingerprint density at radius 1 is 0.938 bits per heavy atom. The Hall–Kier alpha value is -3.77. The second-order valence-electron chi connectivity index (χ2n) is 7.25. The minimum atomic E-state index is -0.265. The molecule has 0 amide bonds. The first-order valence-electron chi connectivity index (χ1n) is 9.88. The Kier molecular flexibility index (Phi) is 6.14. The lowest BCUT2D eigenvalue weighted by Crippen LogP contribution is -3.00. The molecule has 5 nitrogen and oxygen atoms in total. The molecule has 5 aromatic rings. The molecular weight excluding hydrogens is 427 g/mol. The molecule has 0 aliphatic rings. The molecule has 32 heavy (non-hydrogen) atoms. The van der Waals surface area contributed by atoms with E-state index in [2.05, 4.69) is 15.1 Å². The molecule has 5 rings (SSSR count). The third-order valence-electron chi connectivity index (χ3n) is 5.04. The highest BCUT2D eigenvalue weighted by atomic mass is 35.5. The molecule has 0 N–H and O–H groups in total. The van der Waals surface area contributed by atoms with E-state index in [0.29, 0.717) is 6.61 Å². The van der Waals surface area contributed by atoms with Crippen LogP contribution >= 0.6 is 0 Å². The van der Waals surface area contributed by atoms with Crippen molar-refractivity contribution < 1.29 is 23.0 Å². The number of hydrogen-bond donors (Lipinski definition) is 0. The molecule has 2 aromatic carbocycles. The zero-order valence-electron chi connectivity index (χ0n) is 18.2. The number of hydrogen-bond acceptors (Lipinski definition) is 4. The maximum atomic E-state index is 13.3. The van der Waals surface area contributed by atoms with Crippen LogP contribution in [0.2, 0.25) is 0 Å². The topological polar surface area (TPSA) is 52.8 Å². The Morgan fingerprint density at radius 3 is 2.50 bits per heavy atom. The normalized spacial score (nSPS) is 10.7. The van der Waals surface area contributed by atoms with Gasteiger partial charge in [0.05, 0.1) is 11.2 Å². The Bertz CT molecular complexity index is 1360. The number of fused-ring (bicyclic) bond motifs is 1. The molecule has 0 saturated heterocycles. The van der Waals surface area contributed by atoms with E-state index in [1.165, 1.54) is 12.1 Å². The summed E-state index contributed by atoms with van der Waals surface area (Å²) in [5.74, 6) is 0.476. The number of pyridine rings is 2. The van der Waals surface area contributed by atoms with Crippen LogP contribution < -0.4 is 17.1 Å². The van der Waals surface area contributed by atoms with E-state index in [0.717, 1.165) is 44.7 Å². The Morgan fingerprint density at radius 2 is 1.72 bits per heavy atom. The van der Waals surface area contributed by atoms with Gasteiger partial charge in [0.1, 0.15) is 23.9 Å². The smallest absolute Gasteiger partial charge is 1.00 e. The third kappa shape index (κ3) is 4.45. The Labute approximate surface area is 192 Å². The molecule has 7 heteroatoms. The van der Waals surface area contributed by atoms with Crippen LogP contribution in [0.4, 0.5) is 4.39 Å². The van der Waals surface area contributed by atoms with Gasteiger partial charge in [0, 0.05) is 42.2 Å². The van der Waals surface area contributed by atoms with Gasteiger partial charge in [-0.3, -0.25) is 9.67 Å². The molecule has 160 valence electrons. The second kappa shape index (κ2) is 9.16. The van der Waals surface area contributed by atoms with E-state index in [-0.39, 0.29) is 19.7 Å². The lowest BCUT2D eigenvalue weighted by Gasteiger charge is -2.08. The fourth-order valence-corrected chi connectivity index (χ4v) is 3.53. The summed E-state index contributed by atoms with van der Waals surface area (Å²) in [6.45, 7) is 0.332. The molecule has 0 saturated carbocycles. The lowest BCUT2D eigenvalue weighted by atomic mass is 10.0. The predicted octanol–water partition coefficient (Wildman–Crippen LogP) is 2.53. The maximum Gasteiger partial charge on any atom is 1.00 e. The van der Waals surface area contributed by atoms with Crippen LogP contribution in [0, 0.1) is 5.82 Å². The van der Waals surface area contributed by atoms with Crippen LogP contribution in [0.15, 0.2) is 85.3 Å². The second-order valence-corrected chi connectivity index (χ2v) is 7.25. The van der Waals surface area contributed by atoms with Crippen LogP contribution in [0.3, 0.4) is 0 Å². The average molecular weight is 447 g/mol. The number of halogens is 2. The quantitative estimate of drug-likeness (QED) is 0.416. The Balaban J connectivity index is 0.00000153. The molecule has 0 unspecified atom stereocenters. The van der Waals surface area contributed by atoms with Gasteiger partial charge in [0.25, 0.3) is 0 Å². The van der Waals surface area contributed by atoms with Gasteiger partial charge in [-0.25, -0.2) is 9.37 Å². The van der Waals surface area contributed by atoms with Crippen LogP contribution in [-0.4, -0.2) is 19.7 Å². The zero-order chi connectivity index (χ0) is 21.2. The van der Waals surface area contributed by atoms with E-state index in [9.17, 15) is 4.39 Å². The molecular formula is C25H20ClFN4O. The number of nitrogens with zero attached hydrogens (tertiary/aromatic N) is 4. The van der Waals surface area contributed by atoms with Crippen molar-refractivity contribution in [1.29, 1.82) is 0 Å². The first-order valence-corrected chi connectivity index (χ1v) is 9.88. The molecule has 0 aliphatic carbocycles. The van der Waals surface area contributed by atoms with E-state index in [1.54, 1.807) is 18.5 Å². The van der Waals surface area contributed by atoms with E-state index in [4.69, 9.17) is 4.74 Å². The molecule has 0 bridgehead atoms. The highest BCUT2D eigenvalue weighted by Gasteiger charge is 2.12. The van der Waals surface area contributed by atoms with Crippen molar-refractivity contribution in [2.45, 2.75) is 6.61 Å². The summed E-state index contributed by atoms with van der Waals surface area (Å²) in [6, 6.07) is 20.1. The highest BCUT2D eigenvalue weighted by Crippen LogP contribution is 2.31. The summed E-state index contributed by atoms with van der Waals surface area (Å²) >= 11 is 0. The van der Waals surface area contributed by atoms with Crippen molar-refractivity contribution in [1.82, 2.24) is 19.7 Å². The van der Waals surface area contributed by atoms with Crippen LogP contribution in [0.1, 0.15) is 7.12 Å². The summed E-state index contributed by atoms with van der Waals surface area (Å²) in [7, 11) is 1.91. The van der Waals surface area contributed by atoms with E-state index in [1.807, 2.05) is 66.5 Å². The van der Waals surface area contributed by atoms with Crippen molar-refractivity contribution in [3.05, 3.63) is 96.8 Å². The molecule has 0 radical (unpaired) electrons. The number of ether oxygens (including phenoxy) is 1. The molecule has 0 fully saturated rings.